The van der Waals surface area contributed by atoms with Gasteiger partial charge >= 0.3 is 5.97 Å². The molecule has 21 heavy (non-hydrogen) atoms. The van der Waals surface area contributed by atoms with Crippen LogP contribution in [0.3, 0.4) is 0 Å². The highest BCUT2D eigenvalue weighted by atomic mass is 16.5. The van der Waals surface area contributed by atoms with Crippen LogP contribution < -0.4 is 14.8 Å². The first-order chi connectivity index (χ1) is 10.1. The lowest BCUT2D eigenvalue weighted by molar-refractivity contribution is -0.137. The maximum absolute atomic E-state index is 11.8. The molecule has 0 aliphatic rings. The van der Waals surface area contributed by atoms with Gasteiger partial charge in [0, 0.05) is 13.0 Å². The van der Waals surface area contributed by atoms with E-state index >= 15 is 0 Å². The van der Waals surface area contributed by atoms with Crippen LogP contribution in [0.4, 0.5) is 0 Å². The maximum Gasteiger partial charge on any atom is 0.303 e. The monoisotopic (exact) mass is 295 g/mol. The van der Waals surface area contributed by atoms with E-state index in [2.05, 4.69) is 5.32 Å². The third-order valence-corrected chi connectivity index (χ3v) is 2.95. The Labute approximate surface area is 124 Å². The minimum Gasteiger partial charge on any atom is -0.493 e. The second-order valence-electron chi connectivity index (χ2n) is 4.57. The van der Waals surface area contributed by atoms with Gasteiger partial charge in [-0.1, -0.05) is 6.07 Å². The van der Waals surface area contributed by atoms with E-state index in [9.17, 15) is 9.59 Å². The van der Waals surface area contributed by atoms with Crippen LogP contribution in [0.2, 0.25) is 0 Å². The molecular weight excluding hydrogens is 274 g/mol. The van der Waals surface area contributed by atoms with Gasteiger partial charge in [-0.05, 0) is 30.5 Å². The lowest BCUT2D eigenvalue weighted by Gasteiger charge is -2.09. The van der Waals surface area contributed by atoms with Crippen LogP contribution in [0.1, 0.15) is 24.8 Å². The zero-order chi connectivity index (χ0) is 15.7. The van der Waals surface area contributed by atoms with E-state index in [1.807, 2.05) is 6.07 Å². The zero-order valence-corrected chi connectivity index (χ0v) is 12.3. The third kappa shape index (κ3) is 6.16. The second-order valence-corrected chi connectivity index (χ2v) is 4.57. The van der Waals surface area contributed by atoms with Gasteiger partial charge < -0.3 is 19.9 Å². The summed E-state index contributed by atoms with van der Waals surface area (Å²) in [4.78, 5) is 22.1. The molecule has 0 bridgehead atoms. The molecule has 0 atom stereocenters. The minimum absolute atomic E-state index is 0.0995. The number of hydrogen-bond donors (Lipinski definition) is 2. The molecular formula is C15H21NO5. The summed E-state index contributed by atoms with van der Waals surface area (Å²) < 4.78 is 10.3. The van der Waals surface area contributed by atoms with Crippen molar-refractivity contribution in [3.05, 3.63) is 23.8 Å². The Kier molecular flexibility index (Phi) is 7.08. The van der Waals surface area contributed by atoms with Crippen molar-refractivity contribution in [1.29, 1.82) is 0 Å². The second kappa shape index (κ2) is 8.84. The molecule has 116 valence electrons. The molecule has 2 N–H and O–H groups in total. The van der Waals surface area contributed by atoms with Crippen molar-refractivity contribution in [3.63, 3.8) is 0 Å². The number of methoxy groups -OCH3 is 2. The van der Waals surface area contributed by atoms with Crippen LogP contribution in [-0.4, -0.2) is 37.7 Å². The average Bonchev–Trinajstić information content (AvgIpc) is 2.46. The number of carbonyl (C=O) groups excluding carboxylic acids is 1. The molecule has 0 aliphatic carbocycles. The number of nitrogens with one attached hydrogen (secondary N) is 1. The first kappa shape index (κ1) is 16.8. The summed E-state index contributed by atoms with van der Waals surface area (Å²) >= 11 is 0. The van der Waals surface area contributed by atoms with Crippen LogP contribution in [0.15, 0.2) is 18.2 Å². The predicted octanol–water partition coefficient (Wildman–Crippen LogP) is 1.62. The van der Waals surface area contributed by atoms with Crippen molar-refractivity contribution in [1.82, 2.24) is 5.32 Å². The Bertz CT molecular complexity index is 487. The number of unbranched alkanes of at least 4 members (excludes halogenated alkanes) is 1. The number of carboxylic acid groups (broad SMARTS) is 1. The van der Waals surface area contributed by atoms with Gasteiger partial charge in [-0.2, -0.15) is 0 Å². The van der Waals surface area contributed by atoms with Crippen LogP contribution in [0.5, 0.6) is 11.5 Å². The fraction of sp³-hybridized carbons (Fsp3) is 0.467. The summed E-state index contributed by atoms with van der Waals surface area (Å²) in [5.74, 6) is 0.295. The molecule has 0 spiro atoms. The molecule has 0 unspecified atom stereocenters. The molecule has 6 heteroatoms. The number of benzene rings is 1. The first-order valence-corrected chi connectivity index (χ1v) is 6.76. The summed E-state index contributed by atoms with van der Waals surface area (Å²) in [7, 11) is 3.10. The highest BCUT2D eigenvalue weighted by Gasteiger charge is 2.08. The SMILES string of the molecule is COc1ccc(CC(=O)NCCCCC(=O)O)cc1OC. The van der Waals surface area contributed by atoms with E-state index in [1.54, 1.807) is 26.4 Å². The maximum atomic E-state index is 11.8. The van der Waals surface area contributed by atoms with Crippen LogP contribution in [-0.2, 0) is 16.0 Å². The molecule has 0 fully saturated rings. The normalized spacial score (nSPS) is 10.0. The standard InChI is InChI=1S/C15H21NO5/c1-20-12-7-6-11(9-13(12)21-2)10-14(17)16-8-4-3-5-15(18)19/h6-7,9H,3-5,8,10H2,1-2H3,(H,16,17)(H,18,19). The number of ether oxygens (including phenoxy) is 2. The molecule has 6 nitrogen and oxygen atoms in total. The lowest BCUT2D eigenvalue weighted by atomic mass is 10.1. The number of amides is 1. The zero-order valence-electron chi connectivity index (χ0n) is 12.3. The van der Waals surface area contributed by atoms with Crippen LogP contribution >= 0.6 is 0 Å². The molecule has 1 rings (SSSR count). The highest BCUT2D eigenvalue weighted by molar-refractivity contribution is 5.78. The van der Waals surface area contributed by atoms with E-state index in [4.69, 9.17) is 14.6 Å². The fourth-order valence-corrected chi connectivity index (χ4v) is 1.87. The molecule has 1 amide bonds. The quantitative estimate of drug-likeness (QED) is 0.676. The molecule has 0 saturated heterocycles. The lowest BCUT2D eigenvalue weighted by Crippen LogP contribution is -2.26. The van der Waals surface area contributed by atoms with Gasteiger partial charge in [-0.25, -0.2) is 0 Å². The Morgan fingerprint density at radius 2 is 1.86 bits per heavy atom. The van der Waals surface area contributed by atoms with Crippen molar-refractivity contribution in [2.24, 2.45) is 0 Å². The van der Waals surface area contributed by atoms with E-state index in [0.717, 1.165) is 5.56 Å². The number of aliphatic carboxylic acids is 1. The first-order valence-electron chi connectivity index (χ1n) is 6.76. The molecule has 0 radical (unpaired) electrons. The van der Waals surface area contributed by atoms with E-state index in [-0.39, 0.29) is 18.7 Å². The van der Waals surface area contributed by atoms with E-state index < -0.39 is 5.97 Å². The number of carboxylic acids is 1. The molecule has 0 saturated carbocycles. The van der Waals surface area contributed by atoms with Crippen molar-refractivity contribution >= 4 is 11.9 Å². The van der Waals surface area contributed by atoms with Gasteiger partial charge in [0.1, 0.15) is 0 Å². The van der Waals surface area contributed by atoms with Gasteiger partial charge in [0.15, 0.2) is 11.5 Å². The predicted molar refractivity (Wildman–Crippen MR) is 77.7 cm³/mol. The summed E-state index contributed by atoms with van der Waals surface area (Å²) in [5, 5.41) is 11.3. The minimum atomic E-state index is -0.813. The Hall–Kier alpha value is -2.24. The Balaban J connectivity index is 2.39. The Morgan fingerprint density at radius 3 is 2.48 bits per heavy atom. The largest absolute Gasteiger partial charge is 0.493 e. The number of hydrogen-bond acceptors (Lipinski definition) is 4. The van der Waals surface area contributed by atoms with E-state index in [1.165, 1.54) is 0 Å². The summed E-state index contributed by atoms with van der Waals surface area (Å²) in [6, 6.07) is 5.34. The molecule has 1 aromatic rings. The molecule has 1 aromatic carbocycles. The molecule has 0 heterocycles. The van der Waals surface area contributed by atoms with E-state index in [0.29, 0.717) is 30.9 Å². The highest BCUT2D eigenvalue weighted by Crippen LogP contribution is 2.27. The molecule has 0 aromatic heterocycles. The average molecular weight is 295 g/mol. The van der Waals surface area contributed by atoms with Crippen molar-refractivity contribution in [2.75, 3.05) is 20.8 Å². The fourth-order valence-electron chi connectivity index (χ4n) is 1.87. The van der Waals surface area contributed by atoms with Gasteiger partial charge in [0.2, 0.25) is 5.91 Å². The van der Waals surface area contributed by atoms with Crippen molar-refractivity contribution < 1.29 is 24.2 Å². The Morgan fingerprint density at radius 1 is 1.14 bits per heavy atom. The van der Waals surface area contributed by atoms with Crippen LogP contribution in [0.25, 0.3) is 0 Å². The van der Waals surface area contributed by atoms with Gasteiger partial charge in [-0.15, -0.1) is 0 Å². The molecule has 0 aliphatic heterocycles. The van der Waals surface area contributed by atoms with Gasteiger partial charge in [0.05, 0.1) is 20.6 Å². The topological polar surface area (TPSA) is 84.9 Å². The van der Waals surface area contributed by atoms with Gasteiger partial charge in [0.25, 0.3) is 0 Å². The summed E-state index contributed by atoms with van der Waals surface area (Å²) in [6.07, 6.45) is 1.60. The number of carbonyl (C=O) groups is 2. The summed E-state index contributed by atoms with van der Waals surface area (Å²) in [6.45, 7) is 0.486. The number of rotatable bonds is 9. The summed E-state index contributed by atoms with van der Waals surface area (Å²) in [5.41, 5.74) is 0.829. The third-order valence-electron chi connectivity index (χ3n) is 2.95. The van der Waals surface area contributed by atoms with Crippen molar-refractivity contribution in [2.45, 2.75) is 25.7 Å². The van der Waals surface area contributed by atoms with Crippen molar-refractivity contribution in [3.8, 4) is 11.5 Å². The van der Waals surface area contributed by atoms with Crippen LogP contribution in [0, 0.1) is 0 Å². The smallest absolute Gasteiger partial charge is 0.303 e. The van der Waals surface area contributed by atoms with Gasteiger partial charge in [-0.3, -0.25) is 9.59 Å².